The Balaban J connectivity index is 2.22. The first-order chi connectivity index (χ1) is 9.62. The van der Waals surface area contributed by atoms with E-state index in [0.717, 1.165) is 0 Å². The van der Waals surface area contributed by atoms with E-state index in [0.29, 0.717) is 21.9 Å². The van der Waals surface area contributed by atoms with Crippen LogP contribution in [0.2, 0.25) is 0 Å². The molecule has 0 saturated heterocycles. The maximum Gasteiger partial charge on any atom is 0.337 e. The Morgan fingerprint density at radius 3 is 2.30 bits per heavy atom. The van der Waals surface area contributed by atoms with Crippen molar-refractivity contribution < 1.29 is 19.4 Å². The minimum Gasteiger partial charge on any atom is -0.481 e. The van der Waals surface area contributed by atoms with Crippen molar-refractivity contribution in [2.24, 2.45) is 0 Å². The molecule has 1 N–H and O–H groups in total. The zero-order chi connectivity index (χ0) is 14.5. The van der Waals surface area contributed by atoms with Crippen LogP contribution < -0.4 is 9.47 Å². The fraction of sp³-hybridized carbons (Fsp3) is 0.167. The summed E-state index contributed by atoms with van der Waals surface area (Å²) >= 11 is 1.18. The molecule has 0 amide bonds. The van der Waals surface area contributed by atoms with Gasteiger partial charge in [-0.2, -0.15) is 9.97 Å². The van der Waals surface area contributed by atoms with Crippen LogP contribution in [0.1, 0.15) is 10.4 Å². The lowest BCUT2D eigenvalue weighted by atomic mass is 10.3. The maximum absolute atomic E-state index is 10.7. The first-order valence-electron chi connectivity index (χ1n) is 5.46. The molecule has 0 spiro atoms. The molecule has 0 atom stereocenters. The summed E-state index contributed by atoms with van der Waals surface area (Å²) in [7, 11) is 2.99. The van der Waals surface area contributed by atoms with Crippen molar-refractivity contribution in [2.75, 3.05) is 14.2 Å². The van der Waals surface area contributed by atoms with Gasteiger partial charge in [0, 0.05) is 6.20 Å². The first-order valence-corrected chi connectivity index (χ1v) is 6.28. The number of carboxylic acid groups (broad SMARTS) is 1. The summed E-state index contributed by atoms with van der Waals surface area (Å²) in [6.07, 6.45) is 1.28. The maximum atomic E-state index is 10.7. The Bertz CT molecular complexity index is 596. The topological polar surface area (TPSA) is 94.4 Å². The van der Waals surface area contributed by atoms with Crippen molar-refractivity contribution >= 4 is 17.7 Å². The van der Waals surface area contributed by atoms with Gasteiger partial charge in [0.2, 0.25) is 16.9 Å². The molecular formula is C12H11N3O4S. The van der Waals surface area contributed by atoms with Crippen molar-refractivity contribution in [3.63, 3.8) is 0 Å². The van der Waals surface area contributed by atoms with E-state index in [2.05, 4.69) is 15.0 Å². The first kappa shape index (κ1) is 14.1. The third-order valence-electron chi connectivity index (χ3n) is 2.26. The zero-order valence-electron chi connectivity index (χ0n) is 10.7. The van der Waals surface area contributed by atoms with Gasteiger partial charge in [0.05, 0.1) is 25.8 Å². The zero-order valence-corrected chi connectivity index (χ0v) is 11.5. The summed E-state index contributed by atoms with van der Waals surface area (Å²) in [5.74, 6) is -0.267. The molecule has 2 rings (SSSR count). The van der Waals surface area contributed by atoms with Gasteiger partial charge >= 0.3 is 5.97 Å². The SMILES string of the molecule is COc1cc(OC)nc(Sc2ccc(C(=O)O)cn2)n1. The molecule has 0 aromatic carbocycles. The summed E-state index contributed by atoms with van der Waals surface area (Å²) in [5.41, 5.74) is 0.124. The van der Waals surface area contributed by atoms with Gasteiger partial charge in [-0.3, -0.25) is 0 Å². The second-order valence-corrected chi connectivity index (χ2v) is 4.52. The van der Waals surface area contributed by atoms with E-state index in [9.17, 15) is 4.79 Å². The number of rotatable bonds is 5. The molecule has 0 unspecified atom stereocenters. The van der Waals surface area contributed by atoms with E-state index in [1.54, 1.807) is 12.1 Å². The van der Waals surface area contributed by atoms with Crippen LogP contribution in [0.4, 0.5) is 0 Å². The molecule has 0 radical (unpaired) electrons. The van der Waals surface area contributed by atoms with E-state index in [4.69, 9.17) is 14.6 Å². The summed E-state index contributed by atoms with van der Waals surface area (Å²) in [4.78, 5) is 23.1. The number of aromatic carboxylic acids is 1. The Morgan fingerprint density at radius 2 is 1.85 bits per heavy atom. The normalized spacial score (nSPS) is 10.1. The summed E-state index contributed by atoms with van der Waals surface area (Å²) in [6.45, 7) is 0. The van der Waals surface area contributed by atoms with E-state index >= 15 is 0 Å². The van der Waals surface area contributed by atoms with Gasteiger partial charge in [0.15, 0.2) is 0 Å². The predicted molar refractivity (Wildman–Crippen MR) is 70.5 cm³/mol. The molecule has 104 valence electrons. The standard InChI is InChI=1S/C12H11N3O4S/c1-18-8-5-9(19-2)15-12(14-8)20-10-4-3-7(6-13-10)11(16)17/h3-6H,1-2H3,(H,16,17). The Labute approximate surface area is 119 Å². The molecule has 0 bridgehead atoms. The van der Waals surface area contributed by atoms with Crippen LogP contribution in [0.15, 0.2) is 34.6 Å². The van der Waals surface area contributed by atoms with Crippen molar-refractivity contribution in [3.05, 3.63) is 30.0 Å². The molecule has 20 heavy (non-hydrogen) atoms. The average molecular weight is 293 g/mol. The average Bonchev–Trinajstić information content (AvgIpc) is 2.47. The third kappa shape index (κ3) is 3.35. The molecule has 8 heteroatoms. The third-order valence-corrected chi connectivity index (χ3v) is 3.07. The van der Waals surface area contributed by atoms with Gasteiger partial charge in [0.25, 0.3) is 0 Å². The largest absolute Gasteiger partial charge is 0.481 e. The second kappa shape index (κ2) is 6.20. The number of hydrogen-bond donors (Lipinski definition) is 1. The van der Waals surface area contributed by atoms with Crippen LogP contribution in [0.3, 0.4) is 0 Å². The highest BCUT2D eigenvalue weighted by Gasteiger charge is 2.09. The fourth-order valence-corrected chi connectivity index (χ4v) is 2.00. The molecule has 2 aromatic rings. The van der Waals surface area contributed by atoms with E-state index in [1.807, 2.05) is 0 Å². The van der Waals surface area contributed by atoms with Crippen molar-refractivity contribution in [3.8, 4) is 11.8 Å². The minimum absolute atomic E-state index is 0.124. The molecular weight excluding hydrogens is 282 g/mol. The lowest BCUT2D eigenvalue weighted by molar-refractivity contribution is 0.0696. The van der Waals surface area contributed by atoms with Crippen LogP contribution in [0, 0.1) is 0 Å². The van der Waals surface area contributed by atoms with Gasteiger partial charge in [0.1, 0.15) is 5.03 Å². The number of pyridine rings is 1. The molecule has 0 aliphatic heterocycles. The van der Waals surface area contributed by atoms with Gasteiger partial charge < -0.3 is 14.6 Å². The van der Waals surface area contributed by atoms with Crippen LogP contribution in [-0.4, -0.2) is 40.2 Å². The highest BCUT2D eigenvalue weighted by atomic mass is 32.2. The summed E-state index contributed by atoms with van der Waals surface area (Å²) in [6, 6.07) is 4.61. The molecule has 2 heterocycles. The predicted octanol–water partition coefficient (Wildman–Crippen LogP) is 1.74. The second-order valence-electron chi connectivity index (χ2n) is 3.53. The van der Waals surface area contributed by atoms with Gasteiger partial charge in [-0.25, -0.2) is 9.78 Å². The van der Waals surface area contributed by atoms with Crippen LogP contribution in [0.5, 0.6) is 11.8 Å². The summed E-state index contributed by atoms with van der Waals surface area (Å²) in [5, 5.41) is 9.77. The van der Waals surface area contributed by atoms with Crippen LogP contribution in [0.25, 0.3) is 0 Å². The van der Waals surface area contributed by atoms with Crippen molar-refractivity contribution in [1.29, 1.82) is 0 Å². The lowest BCUT2D eigenvalue weighted by Crippen LogP contribution is -1.98. The molecule has 7 nitrogen and oxygen atoms in total. The van der Waals surface area contributed by atoms with E-state index in [1.165, 1.54) is 38.2 Å². The minimum atomic E-state index is -1.02. The van der Waals surface area contributed by atoms with Gasteiger partial charge in [-0.1, -0.05) is 0 Å². The smallest absolute Gasteiger partial charge is 0.337 e. The molecule has 2 aromatic heterocycles. The lowest BCUT2D eigenvalue weighted by Gasteiger charge is -2.05. The Morgan fingerprint density at radius 1 is 1.20 bits per heavy atom. The number of ether oxygens (including phenoxy) is 2. The quantitative estimate of drug-likeness (QED) is 0.833. The van der Waals surface area contributed by atoms with Gasteiger partial charge in [-0.05, 0) is 23.9 Å². The Kier molecular flexibility index (Phi) is 4.36. The van der Waals surface area contributed by atoms with Gasteiger partial charge in [-0.15, -0.1) is 0 Å². The number of hydrogen-bond acceptors (Lipinski definition) is 7. The highest BCUT2D eigenvalue weighted by molar-refractivity contribution is 7.99. The van der Waals surface area contributed by atoms with E-state index in [-0.39, 0.29) is 5.56 Å². The van der Waals surface area contributed by atoms with Crippen molar-refractivity contribution in [2.45, 2.75) is 10.2 Å². The number of carboxylic acids is 1. The van der Waals surface area contributed by atoms with E-state index < -0.39 is 5.97 Å². The molecule has 0 saturated carbocycles. The number of nitrogens with zero attached hydrogens (tertiary/aromatic N) is 3. The van der Waals surface area contributed by atoms with Crippen molar-refractivity contribution in [1.82, 2.24) is 15.0 Å². The molecule has 0 aliphatic rings. The molecule has 0 aliphatic carbocycles. The monoisotopic (exact) mass is 293 g/mol. The number of methoxy groups -OCH3 is 2. The highest BCUT2D eigenvalue weighted by Crippen LogP contribution is 2.26. The number of carbonyl (C=O) groups is 1. The van der Waals surface area contributed by atoms with Crippen LogP contribution in [-0.2, 0) is 0 Å². The number of aromatic nitrogens is 3. The van der Waals surface area contributed by atoms with Crippen LogP contribution >= 0.6 is 11.8 Å². The Hall–Kier alpha value is -2.35. The molecule has 0 fully saturated rings. The summed E-state index contributed by atoms with van der Waals surface area (Å²) < 4.78 is 10.1. The fourth-order valence-electron chi connectivity index (χ4n) is 1.30.